The van der Waals surface area contributed by atoms with Gasteiger partial charge >= 0.3 is 5.97 Å². The number of hydrogen-bond donors (Lipinski definition) is 1. The van der Waals surface area contributed by atoms with Crippen LogP contribution in [-0.4, -0.2) is 44.8 Å². The van der Waals surface area contributed by atoms with Crippen LogP contribution in [0.1, 0.15) is 50.7 Å². The maximum absolute atomic E-state index is 12.7. The predicted molar refractivity (Wildman–Crippen MR) is 89.2 cm³/mol. The lowest BCUT2D eigenvalue weighted by Gasteiger charge is -2.33. The summed E-state index contributed by atoms with van der Waals surface area (Å²) in [5.41, 5.74) is 2.77. The summed E-state index contributed by atoms with van der Waals surface area (Å²) in [6, 6.07) is 6.97. The van der Waals surface area contributed by atoms with Crippen LogP contribution in [0.5, 0.6) is 0 Å². The summed E-state index contributed by atoms with van der Waals surface area (Å²) in [5, 5.41) is 13.2. The third-order valence-electron chi connectivity index (χ3n) is 4.58. The van der Waals surface area contributed by atoms with Gasteiger partial charge in [-0.05, 0) is 37.5 Å². The molecule has 0 aliphatic carbocycles. The number of hydrogen-bond acceptors (Lipinski definition) is 3. The van der Waals surface area contributed by atoms with E-state index in [0.717, 1.165) is 30.6 Å². The number of aromatic carboxylic acids is 1. The molecule has 1 aromatic heterocycles. The Morgan fingerprint density at radius 3 is 2.54 bits per heavy atom. The Labute approximate surface area is 140 Å². The van der Waals surface area contributed by atoms with Gasteiger partial charge in [0, 0.05) is 32.3 Å². The van der Waals surface area contributed by atoms with Gasteiger partial charge in [-0.25, -0.2) is 4.79 Å². The highest BCUT2D eigenvalue weighted by Gasteiger charge is 2.27. The topological polar surface area (TPSA) is 75.4 Å². The van der Waals surface area contributed by atoms with Crippen molar-refractivity contribution in [3.63, 3.8) is 0 Å². The summed E-state index contributed by atoms with van der Waals surface area (Å²) in [4.78, 5) is 25.6. The van der Waals surface area contributed by atoms with Crippen LogP contribution in [0, 0.1) is 6.92 Å². The molecule has 0 bridgehead atoms. The molecule has 0 spiro atoms. The summed E-state index contributed by atoms with van der Waals surface area (Å²) in [6.07, 6.45) is 3.71. The van der Waals surface area contributed by atoms with Crippen LogP contribution in [0.15, 0.2) is 30.5 Å². The molecule has 0 radical (unpaired) electrons. The molecular formula is C18H21N3O3. The Balaban J connectivity index is 1.75. The van der Waals surface area contributed by atoms with Gasteiger partial charge in [0.2, 0.25) is 0 Å². The van der Waals surface area contributed by atoms with E-state index in [0.29, 0.717) is 12.1 Å². The van der Waals surface area contributed by atoms with E-state index in [4.69, 9.17) is 5.11 Å². The second-order valence-corrected chi connectivity index (χ2v) is 6.32. The molecule has 24 heavy (non-hydrogen) atoms. The average molecular weight is 327 g/mol. The lowest BCUT2D eigenvalue weighted by atomic mass is 9.90. The van der Waals surface area contributed by atoms with E-state index < -0.39 is 5.97 Å². The Kier molecular flexibility index (Phi) is 4.38. The lowest BCUT2D eigenvalue weighted by Crippen LogP contribution is -2.39. The standard InChI is InChI=1S/C18H21N3O3/c1-12-16(11-20(2)19-12)17(22)21-9-3-4-15(10-21)13-5-7-14(8-6-13)18(23)24/h5-8,11,15H,3-4,9-10H2,1-2H3,(H,23,24)/t15-/m1/s1. The van der Waals surface area contributed by atoms with Gasteiger partial charge in [0.15, 0.2) is 0 Å². The lowest BCUT2D eigenvalue weighted by molar-refractivity contribution is 0.0693. The molecule has 6 heteroatoms. The van der Waals surface area contributed by atoms with E-state index >= 15 is 0 Å². The molecule has 6 nitrogen and oxygen atoms in total. The minimum atomic E-state index is -0.922. The predicted octanol–water partition coefficient (Wildman–Crippen LogP) is 2.45. The number of carbonyl (C=O) groups excluding carboxylic acids is 1. The second kappa shape index (κ2) is 6.47. The fraction of sp³-hybridized carbons (Fsp3) is 0.389. The number of aromatic nitrogens is 2. The average Bonchev–Trinajstić information content (AvgIpc) is 2.92. The van der Waals surface area contributed by atoms with Crippen molar-refractivity contribution in [2.75, 3.05) is 13.1 Å². The van der Waals surface area contributed by atoms with E-state index in [1.165, 1.54) is 0 Å². The number of carbonyl (C=O) groups is 2. The van der Waals surface area contributed by atoms with Gasteiger partial charge in [0.25, 0.3) is 5.91 Å². The van der Waals surface area contributed by atoms with Crippen molar-refractivity contribution in [1.29, 1.82) is 0 Å². The van der Waals surface area contributed by atoms with E-state index in [1.54, 1.807) is 23.0 Å². The number of likely N-dealkylation sites (tertiary alicyclic amines) is 1. The van der Waals surface area contributed by atoms with Gasteiger partial charge < -0.3 is 10.0 Å². The van der Waals surface area contributed by atoms with Crippen LogP contribution >= 0.6 is 0 Å². The number of piperidine rings is 1. The van der Waals surface area contributed by atoms with Crippen LogP contribution in [0.4, 0.5) is 0 Å². The van der Waals surface area contributed by atoms with Crippen LogP contribution in [0.3, 0.4) is 0 Å². The number of carboxylic acid groups (broad SMARTS) is 1. The van der Waals surface area contributed by atoms with Crippen molar-refractivity contribution in [3.8, 4) is 0 Å². The third kappa shape index (κ3) is 3.18. The molecule has 2 aromatic rings. The number of carboxylic acids is 1. The van der Waals surface area contributed by atoms with Crippen molar-refractivity contribution in [3.05, 3.63) is 52.8 Å². The van der Waals surface area contributed by atoms with E-state index in [9.17, 15) is 9.59 Å². The number of nitrogens with zero attached hydrogens (tertiary/aromatic N) is 3. The van der Waals surface area contributed by atoms with Crippen molar-refractivity contribution in [1.82, 2.24) is 14.7 Å². The second-order valence-electron chi connectivity index (χ2n) is 6.32. The number of benzene rings is 1. The molecule has 0 saturated carbocycles. The van der Waals surface area contributed by atoms with Crippen LogP contribution in [0.25, 0.3) is 0 Å². The summed E-state index contributed by atoms with van der Waals surface area (Å²) in [5.74, 6) is -0.663. The first-order valence-electron chi connectivity index (χ1n) is 8.08. The fourth-order valence-electron chi connectivity index (χ4n) is 3.31. The highest BCUT2D eigenvalue weighted by Crippen LogP contribution is 2.28. The van der Waals surface area contributed by atoms with E-state index in [1.807, 2.05) is 31.0 Å². The van der Waals surface area contributed by atoms with E-state index in [2.05, 4.69) is 5.10 Å². The van der Waals surface area contributed by atoms with Crippen LogP contribution in [-0.2, 0) is 7.05 Å². The van der Waals surface area contributed by atoms with Crippen molar-refractivity contribution in [2.45, 2.75) is 25.7 Å². The maximum atomic E-state index is 12.7. The zero-order valence-electron chi connectivity index (χ0n) is 13.9. The SMILES string of the molecule is Cc1nn(C)cc1C(=O)N1CCC[C@@H](c2ccc(C(=O)O)cc2)C1. The van der Waals surface area contributed by atoms with Crippen molar-refractivity contribution >= 4 is 11.9 Å². The van der Waals surface area contributed by atoms with Gasteiger partial charge in [0.1, 0.15) is 0 Å². The molecule has 3 rings (SSSR count). The summed E-state index contributed by atoms with van der Waals surface area (Å²) < 4.78 is 1.66. The molecule has 126 valence electrons. The summed E-state index contributed by atoms with van der Waals surface area (Å²) in [6.45, 7) is 3.25. The highest BCUT2D eigenvalue weighted by molar-refractivity contribution is 5.95. The molecule has 1 aliphatic heterocycles. The quantitative estimate of drug-likeness (QED) is 0.939. The first kappa shape index (κ1) is 16.2. The van der Waals surface area contributed by atoms with Crippen molar-refractivity contribution in [2.24, 2.45) is 7.05 Å². The molecule has 1 aliphatic rings. The Hall–Kier alpha value is -2.63. The molecular weight excluding hydrogens is 306 g/mol. The Morgan fingerprint density at radius 2 is 1.96 bits per heavy atom. The van der Waals surface area contributed by atoms with Crippen molar-refractivity contribution < 1.29 is 14.7 Å². The fourth-order valence-corrected chi connectivity index (χ4v) is 3.31. The molecule has 2 heterocycles. The van der Waals surface area contributed by atoms with Gasteiger partial charge in [0.05, 0.1) is 16.8 Å². The molecule has 1 amide bonds. The zero-order chi connectivity index (χ0) is 17.3. The first-order chi connectivity index (χ1) is 11.5. The largest absolute Gasteiger partial charge is 0.478 e. The van der Waals surface area contributed by atoms with Gasteiger partial charge in [-0.15, -0.1) is 0 Å². The molecule has 1 N–H and O–H groups in total. The normalized spacial score (nSPS) is 17.8. The Bertz CT molecular complexity index is 764. The Morgan fingerprint density at radius 1 is 1.25 bits per heavy atom. The minimum Gasteiger partial charge on any atom is -0.478 e. The highest BCUT2D eigenvalue weighted by atomic mass is 16.4. The smallest absolute Gasteiger partial charge is 0.335 e. The summed E-state index contributed by atoms with van der Waals surface area (Å²) >= 11 is 0. The third-order valence-corrected chi connectivity index (χ3v) is 4.58. The maximum Gasteiger partial charge on any atom is 0.335 e. The number of aryl methyl sites for hydroxylation is 2. The molecule has 0 unspecified atom stereocenters. The zero-order valence-corrected chi connectivity index (χ0v) is 13.9. The number of rotatable bonds is 3. The summed E-state index contributed by atoms with van der Waals surface area (Å²) in [7, 11) is 1.81. The van der Waals surface area contributed by atoms with Crippen LogP contribution < -0.4 is 0 Å². The minimum absolute atomic E-state index is 0.0208. The molecule has 1 saturated heterocycles. The number of amides is 1. The molecule has 1 fully saturated rings. The molecule has 1 atom stereocenters. The van der Waals surface area contributed by atoms with Gasteiger partial charge in [-0.3, -0.25) is 9.48 Å². The van der Waals surface area contributed by atoms with E-state index in [-0.39, 0.29) is 17.4 Å². The van der Waals surface area contributed by atoms with Gasteiger partial charge in [-0.2, -0.15) is 5.10 Å². The van der Waals surface area contributed by atoms with Crippen LogP contribution in [0.2, 0.25) is 0 Å². The first-order valence-corrected chi connectivity index (χ1v) is 8.08. The van der Waals surface area contributed by atoms with Gasteiger partial charge in [-0.1, -0.05) is 12.1 Å². The molecule has 1 aromatic carbocycles. The monoisotopic (exact) mass is 327 g/mol.